The van der Waals surface area contributed by atoms with Crippen LogP contribution in [-0.4, -0.2) is 24.4 Å². The average Bonchev–Trinajstić information content (AvgIpc) is 2.85. The molecular weight excluding hydrogens is 300 g/mol. The second-order valence-electron chi connectivity index (χ2n) is 6.42. The van der Waals surface area contributed by atoms with Gasteiger partial charge in [0.05, 0.1) is 5.75 Å². The van der Waals surface area contributed by atoms with E-state index in [1.807, 2.05) is 31.2 Å². The molecule has 0 saturated heterocycles. The van der Waals surface area contributed by atoms with Gasteiger partial charge in [-0.3, -0.25) is 0 Å². The second kappa shape index (κ2) is 6.20. The molecule has 0 aliphatic heterocycles. The normalized spacial score (nSPS) is 12.5. The third-order valence-electron chi connectivity index (χ3n) is 3.32. The van der Waals surface area contributed by atoms with Crippen molar-refractivity contribution >= 4 is 9.84 Å². The summed E-state index contributed by atoms with van der Waals surface area (Å²) in [4.78, 5) is 0. The third kappa shape index (κ3) is 4.16. The lowest BCUT2D eigenvalue weighted by molar-refractivity contribution is 0.518. The smallest absolute Gasteiger partial charge is 0.247 e. The molecule has 5 nitrogen and oxygen atoms in total. The van der Waals surface area contributed by atoms with E-state index in [9.17, 15) is 8.42 Å². The summed E-state index contributed by atoms with van der Waals surface area (Å²) in [6, 6.07) is 7.87. The molecule has 0 amide bonds. The number of nitrogens with zero attached hydrogens (tertiary/aromatic N) is 2. The van der Waals surface area contributed by atoms with Crippen molar-refractivity contribution in [1.82, 2.24) is 10.2 Å². The molecule has 6 heteroatoms. The summed E-state index contributed by atoms with van der Waals surface area (Å²) in [6.07, 6.45) is 0.581. The molecule has 22 heavy (non-hydrogen) atoms. The Balaban J connectivity index is 2.18. The Labute approximate surface area is 131 Å². The third-order valence-corrected chi connectivity index (χ3v) is 5.04. The van der Waals surface area contributed by atoms with E-state index in [1.165, 1.54) is 5.56 Å². The molecule has 0 aliphatic rings. The van der Waals surface area contributed by atoms with Gasteiger partial charge < -0.3 is 4.42 Å². The van der Waals surface area contributed by atoms with Crippen LogP contribution in [0.15, 0.2) is 28.7 Å². The average molecular weight is 322 g/mol. The highest BCUT2D eigenvalue weighted by molar-refractivity contribution is 7.90. The minimum absolute atomic E-state index is 0.0762. The van der Waals surface area contributed by atoms with E-state index < -0.39 is 9.84 Å². The molecule has 0 atom stereocenters. The van der Waals surface area contributed by atoms with Gasteiger partial charge in [-0.2, -0.15) is 0 Å². The maximum Gasteiger partial charge on any atom is 0.247 e. The topological polar surface area (TPSA) is 73.1 Å². The zero-order chi connectivity index (χ0) is 16.4. The highest BCUT2D eigenvalue weighted by Crippen LogP contribution is 2.25. The summed E-state index contributed by atoms with van der Waals surface area (Å²) in [5.41, 5.74) is 2.08. The van der Waals surface area contributed by atoms with Crippen LogP contribution in [0.1, 0.15) is 45.6 Å². The molecule has 0 unspecified atom stereocenters. The van der Waals surface area contributed by atoms with Gasteiger partial charge in [0.25, 0.3) is 0 Å². The summed E-state index contributed by atoms with van der Waals surface area (Å²) in [7, 11) is -3.18. The van der Waals surface area contributed by atoms with Crippen LogP contribution in [0.25, 0.3) is 11.5 Å². The molecule has 1 heterocycles. The molecule has 2 aromatic rings. The summed E-state index contributed by atoms with van der Waals surface area (Å²) < 4.78 is 29.0. The molecule has 1 aromatic heterocycles. The number of rotatable bonds is 5. The van der Waals surface area contributed by atoms with Gasteiger partial charge in [-0.15, -0.1) is 10.2 Å². The van der Waals surface area contributed by atoms with E-state index in [4.69, 9.17) is 4.42 Å². The van der Waals surface area contributed by atoms with Gasteiger partial charge in [-0.1, -0.05) is 39.8 Å². The Morgan fingerprint density at radius 3 is 2.27 bits per heavy atom. The Morgan fingerprint density at radius 1 is 1.09 bits per heavy atom. The van der Waals surface area contributed by atoms with Crippen LogP contribution in [0.4, 0.5) is 0 Å². The quantitative estimate of drug-likeness (QED) is 0.844. The van der Waals surface area contributed by atoms with E-state index in [2.05, 4.69) is 31.0 Å². The standard InChI is InChI=1S/C16H22N2O3S/c1-5-10-22(19,20)11-14-17-18-15(21-14)12-6-8-13(9-7-12)16(2,3)4/h6-9H,5,10-11H2,1-4H3. The van der Waals surface area contributed by atoms with Crippen LogP contribution in [0.5, 0.6) is 0 Å². The van der Waals surface area contributed by atoms with Gasteiger partial charge >= 0.3 is 0 Å². The fourth-order valence-electron chi connectivity index (χ4n) is 2.11. The Kier molecular flexibility index (Phi) is 4.70. The zero-order valence-corrected chi connectivity index (χ0v) is 14.3. The van der Waals surface area contributed by atoms with Crippen LogP contribution in [0.2, 0.25) is 0 Å². The number of benzene rings is 1. The van der Waals surface area contributed by atoms with E-state index in [0.717, 1.165) is 5.56 Å². The minimum Gasteiger partial charge on any atom is -0.420 e. The van der Waals surface area contributed by atoms with Crippen LogP contribution >= 0.6 is 0 Å². The number of sulfone groups is 1. The van der Waals surface area contributed by atoms with Crippen molar-refractivity contribution < 1.29 is 12.8 Å². The maximum atomic E-state index is 11.8. The van der Waals surface area contributed by atoms with Crippen molar-refractivity contribution in [1.29, 1.82) is 0 Å². The molecule has 1 aromatic carbocycles. The first-order chi connectivity index (χ1) is 10.2. The van der Waals surface area contributed by atoms with Crippen LogP contribution in [0, 0.1) is 0 Å². The fraction of sp³-hybridized carbons (Fsp3) is 0.500. The Bertz CT molecular complexity index is 725. The zero-order valence-electron chi connectivity index (χ0n) is 13.5. The lowest BCUT2D eigenvalue weighted by atomic mass is 9.87. The van der Waals surface area contributed by atoms with Crippen LogP contribution in [-0.2, 0) is 21.0 Å². The first kappa shape index (κ1) is 16.7. The van der Waals surface area contributed by atoms with Crippen molar-refractivity contribution in [3.8, 4) is 11.5 Å². The van der Waals surface area contributed by atoms with E-state index in [1.54, 1.807) is 0 Å². The predicted octanol–water partition coefficient (Wildman–Crippen LogP) is 3.36. The van der Waals surface area contributed by atoms with Crippen LogP contribution < -0.4 is 0 Å². The first-order valence-corrected chi connectivity index (χ1v) is 9.17. The van der Waals surface area contributed by atoms with Gasteiger partial charge in [0, 0.05) is 5.56 Å². The monoisotopic (exact) mass is 322 g/mol. The molecule has 0 spiro atoms. The fourth-order valence-corrected chi connectivity index (χ4v) is 3.37. The second-order valence-corrected chi connectivity index (χ2v) is 8.60. The van der Waals surface area contributed by atoms with E-state index in [-0.39, 0.29) is 22.8 Å². The molecule has 0 aliphatic carbocycles. The van der Waals surface area contributed by atoms with Gasteiger partial charge in [-0.05, 0) is 29.5 Å². The predicted molar refractivity (Wildman–Crippen MR) is 86.2 cm³/mol. The van der Waals surface area contributed by atoms with Crippen LogP contribution in [0.3, 0.4) is 0 Å². The van der Waals surface area contributed by atoms with Crippen molar-refractivity contribution in [3.63, 3.8) is 0 Å². The highest BCUT2D eigenvalue weighted by Gasteiger charge is 2.18. The molecule has 120 valence electrons. The lowest BCUT2D eigenvalue weighted by Gasteiger charge is -2.18. The number of hydrogen-bond acceptors (Lipinski definition) is 5. The van der Waals surface area contributed by atoms with Gasteiger partial charge in [0.2, 0.25) is 11.8 Å². The van der Waals surface area contributed by atoms with Gasteiger partial charge in [0.1, 0.15) is 5.75 Å². The van der Waals surface area contributed by atoms with Crippen molar-refractivity contribution in [2.75, 3.05) is 5.75 Å². The molecule has 0 radical (unpaired) electrons. The summed E-state index contributed by atoms with van der Waals surface area (Å²) in [5.74, 6) is 0.421. The number of hydrogen-bond donors (Lipinski definition) is 0. The highest BCUT2D eigenvalue weighted by atomic mass is 32.2. The lowest BCUT2D eigenvalue weighted by Crippen LogP contribution is -2.10. The molecule has 0 saturated carbocycles. The largest absolute Gasteiger partial charge is 0.420 e. The van der Waals surface area contributed by atoms with E-state index in [0.29, 0.717) is 12.3 Å². The summed E-state index contributed by atoms with van der Waals surface area (Å²) in [6.45, 7) is 8.26. The van der Waals surface area contributed by atoms with Crippen molar-refractivity contribution in [2.24, 2.45) is 0 Å². The minimum atomic E-state index is -3.18. The van der Waals surface area contributed by atoms with Gasteiger partial charge in [0.15, 0.2) is 9.84 Å². The van der Waals surface area contributed by atoms with Crippen molar-refractivity contribution in [2.45, 2.75) is 45.3 Å². The van der Waals surface area contributed by atoms with E-state index >= 15 is 0 Å². The maximum absolute atomic E-state index is 11.8. The van der Waals surface area contributed by atoms with Crippen molar-refractivity contribution in [3.05, 3.63) is 35.7 Å². The molecule has 2 rings (SSSR count). The molecule has 0 fully saturated rings. The molecule has 0 bridgehead atoms. The molecule has 0 N–H and O–H groups in total. The summed E-state index contributed by atoms with van der Waals surface area (Å²) >= 11 is 0. The Hall–Kier alpha value is -1.69. The van der Waals surface area contributed by atoms with Gasteiger partial charge in [-0.25, -0.2) is 8.42 Å². The number of aromatic nitrogens is 2. The first-order valence-electron chi connectivity index (χ1n) is 7.35. The Morgan fingerprint density at radius 2 is 1.73 bits per heavy atom. The molecular formula is C16H22N2O3S. The SMILES string of the molecule is CCCS(=O)(=O)Cc1nnc(-c2ccc(C(C)(C)C)cc2)o1. The summed E-state index contributed by atoms with van der Waals surface area (Å²) in [5, 5.41) is 7.78.